The van der Waals surface area contributed by atoms with E-state index in [1.165, 1.54) is 6.92 Å². The molecule has 0 aromatic carbocycles. The zero-order chi connectivity index (χ0) is 53.4. The van der Waals surface area contributed by atoms with Crippen LogP contribution in [0.4, 0.5) is 0 Å². The van der Waals surface area contributed by atoms with E-state index in [-0.39, 0.29) is 11.8 Å². The molecule has 0 aromatic rings. The molecule has 12 N–H and O–H groups in total. The molecule has 0 radical (unpaired) electrons. The van der Waals surface area contributed by atoms with Gasteiger partial charge in [-0.3, -0.25) is 9.59 Å². The number of esters is 1. The zero-order valence-electron chi connectivity index (χ0n) is 43.1. The number of allylic oxidation sites excluding steroid dienone is 2. The summed E-state index contributed by atoms with van der Waals surface area (Å²) in [7, 11) is 0. The van der Waals surface area contributed by atoms with E-state index < -0.39 is 181 Å². The maximum absolute atomic E-state index is 12.8. The van der Waals surface area contributed by atoms with Gasteiger partial charge in [0.1, 0.15) is 80.2 Å². The Hall–Kier alpha value is -2.00. The minimum atomic E-state index is -1.89. The number of carbonyl (C=O) groups excluding carboxylic acids is 1. The number of aliphatic hydroxyl groups is 11. The van der Waals surface area contributed by atoms with Gasteiger partial charge in [-0.25, -0.2) is 0 Å². The fraction of sp³-hybridized carbons (Fsp3) is 0.922. The van der Waals surface area contributed by atoms with Gasteiger partial charge in [-0.1, -0.05) is 46.3 Å². The normalized spacial score (nSPS) is 49.9. The first kappa shape index (κ1) is 57.7. The van der Waals surface area contributed by atoms with Crippen molar-refractivity contribution < 1.29 is 104 Å². The number of hydrogen-bond donors (Lipinski definition) is 12. The molecular weight excluding hydrogens is 949 g/mol. The third-order valence-corrected chi connectivity index (χ3v) is 19.2. The second-order valence-corrected chi connectivity index (χ2v) is 24.1. The lowest BCUT2D eigenvalue weighted by Crippen LogP contribution is -2.71. The first-order chi connectivity index (χ1) is 33.5. The van der Waals surface area contributed by atoms with Crippen LogP contribution >= 0.6 is 0 Å². The van der Waals surface area contributed by atoms with Gasteiger partial charge in [-0.2, -0.15) is 0 Å². The Morgan fingerprint density at radius 3 is 2.00 bits per heavy atom. The Morgan fingerprint density at radius 2 is 1.36 bits per heavy atom. The van der Waals surface area contributed by atoms with Crippen LogP contribution in [0.3, 0.4) is 0 Å². The van der Waals surface area contributed by atoms with Crippen molar-refractivity contribution in [2.24, 2.45) is 45.3 Å². The summed E-state index contributed by atoms with van der Waals surface area (Å²) in [5, 5.41) is 132. The summed E-state index contributed by atoms with van der Waals surface area (Å²) in [6.07, 6.45) is -21.5. The van der Waals surface area contributed by atoms with Gasteiger partial charge in [-0.15, -0.1) is 0 Å². The van der Waals surface area contributed by atoms with Gasteiger partial charge >= 0.3 is 11.9 Å². The molecule has 0 spiro atoms. The molecule has 0 unspecified atom stereocenters. The molecule has 4 aliphatic carbocycles. The summed E-state index contributed by atoms with van der Waals surface area (Å²) in [6.45, 7) is 16.4. The Bertz CT molecular complexity index is 1930. The maximum Gasteiger partial charge on any atom is 0.317 e. The molecule has 7 fully saturated rings. The van der Waals surface area contributed by atoms with Crippen molar-refractivity contribution in [3.63, 3.8) is 0 Å². The molecule has 26 atom stereocenters. The molecule has 3 aliphatic heterocycles. The van der Waals surface area contributed by atoms with Gasteiger partial charge in [0.05, 0.1) is 36.6 Å². The molecule has 3 heterocycles. The summed E-state index contributed by atoms with van der Waals surface area (Å²) in [5.74, 6) is -4.00. The summed E-state index contributed by atoms with van der Waals surface area (Å²) in [5.41, 5.74) is -2.85. The number of rotatable bonds is 15. The maximum atomic E-state index is 12.8. The first-order valence-corrected chi connectivity index (χ1v) is 25.8. The third kappa shape index (κ3) is 10.2. The molecule has 72 heavy (non-hydrogen) atoms. The van der Waals surface area contributed by atoms with E-state index in [9.17, 15) is 70.9 Å². The summed E-state index contributed by atoms with van der Waals surface area (Å²) >= 11 is 0. The standard InChI is InChI=1S/C51H84O21/c1-22(2)11-10-14-51(9,72-45-41(65)38(62)35(59)27(20-52)69-45)24-12-16-49(7)33(24)25(53)17-29-48(6)15-13-30(54)47(4,5)43(48)26(19-50(29,49)8)68-46-42(71-44-40(64)37(61)34(58)23(3)67-44)39(63)36(60)28(70-46)21-66-32(57)18-31(55)56/h11,23-30,33-46,52-54,58-65H,10,12-21H2,1-9H3,(H,55,56)/t23-,24-,25+,26-,27+,28+,29+,30-,33-,34-,35+,36+,37+,38-,39-,40+,41+,42+,43-,44-,45-,46+,48+,49+,50+,51-/m0/s1. The highest BCUT2D eigenvalue weighted by Gasteiger charge is 2.74. The first-order valence-electron chi connectivity index (χ1n) is 25.8. The van der Waals surface area contributed by atoms with Crippen LogP contribution in [0.2, 0.25) is 0 Å². The molecule has 0 aromatic heterocycles. The lowest BCUT2D eigenvalue weighted by Gasteiger charge is -2.72. The van der Waals surface area contributed by atoms with Gasteiger partial charge in [0.2, 0.25) is 0 Å². The highest BCUT2D eigenvalue weighted by molar-refractivity contribution is 5.90. The predicted octanol–water partition coefficient (Wildman–Crippen LogP) is -0.00280. The van der Waals surface area contributed by atoms with Crippen molar-refractivity contribution in [1.82, 2.24) is 0 Å². The average molecular weight is 1030 g/mol. The van der Waals surface area contributed by atoms with Gasteiger partial charge < -0.3 is 94.4 Å². The highest BCUT2D eigenvalue weighted by Crippen LogP contribution is 2.76. The van der Waals surface area contributed by atoms with Crippen molar-refractivity contribution in [2.45, 2.75) is 236 Å². The van der Waals surface area contributed by atoms with E-state index in [0.29, 0.717) is 51.4 Å². The highest BCUT2D eigenvalue weighted by atomic mass is 16.8. The zero-order valence-corrected chi connectivity index (χ0v) is 43.1. The number of hydrogen-bond acceptors (Lipinski definition) is 20. The SMILES string of the molecule is CC(C)=CCC[C@](C)(O[C@@H]1O[C@H](CO)[C@@H](O)[C@H](O)[C@H]1O)[C@H]1CC[C@]2(C)[C@@H]1[C@H](O)C[C@@H]1[C@@]3(C)CC[C@H](O)C(C)(C)[C@@H]3[C@@H](O[C@@H]3O[C@H](COC(=O)CC(=O)O)[C@@H](O)[C@H](O)[C@H]3O[C@@H]3O[C@@H](C)[C@H](O)[C@@H](O)[C@H]3O)C[C@]12C. The van der Waals surface area contributed by atoms with Crippen LogP contribution in [0.15, 0.2) is 11.6 Å². The molecule has 0 bridgehead atoms. The largest absolute Gasteiger partial charge is 0.481 e. The molecule has 414 valence electrons. The van der Waals surface area contributed by atoms with Gasteiger partial charge in [0.25, 0.3) is 0 Å². The fourth-order valence-electron chi connectivity index (χ4n) is 15.2. The second kappa shape index (κ2) is 21.4. The summed E-state index contributed by atoms with van der Waals surface area (Å²) in [6, 6.07) is 0. The molecule has 3 saturated heterocycles. The number of aliphatic hydroxyl groups excluding tert-OH is 11. The van der Waals surface area contributed by atoms with Crippen molar-refractivity contribution in [3.8, 4) is 0 Å². The third-order valence-electron chi connectivity index (χ3n) is 19.2. The molecule has 7 rings (SSSR count). The quantitative estimate of drug-likeness (QED) is 0.0444. The van der Waals surface area contributed by atoms with Gasteiger partial charge in [0, 0.05) is 0 Å². The van der Waals surface area contributed by atoms with E-state index >= 15 is 0 Å². The van der Waals surface area contributed by atoms with E-state index in [2.05, 4.69) is 26.8 Å². The van der Waals surface area contributed by atoms with E-state index in [1.54, 1.807) is 0 Å². The predicted molar refractivity (Wildman–Crippen MR) is 250 cm³/mol. The summed E-state index contributed by atoms with van der Waals surface area (Å²) < 4.78 is 43.5. The van der Waals surface area contributed by atoms with Crippen LogP contribution in [0.1, 0.15) is 120 Å². The van der Waals surface area contributed by atoms with Crippen molar-refractivity contribution >= 4 is 11.9 Å². The molecular formula is C51H84O21. The van der Waals surface area contributed by atoms with Crippen molar-refractivity contribution in [3.05, 3.63) is 11.6 Å². The second-order valence-electron chi connectivity index (χ2n) is 24.1. The molecule has 21 heteroatoms. The number of fused-ring (bicyclic) bond motifs is 5. The van der Waals surface area contributed by atoms with Crippen LogP contribution in [-0.2, 0) is 42.7 Å². The van der Waals surface area contributed by atoms with Crippen molar-refractivity contribution in [1.29, 1.82) is 0 Å². The van der Waals surface area contributed by atoms with E-state index in [1.807, 2.05) is 34.6 Å². The average Bonchev–Trinajstić information content (AvgIpc) is 3.69. The van der Waals surface area contributed by atoms with E-state index in [0.717, 1.165) is 5.57 Å². The molecule has 7 aliphatic rings. The molecule has 21 nitrogen and oxygen atoms in total. The van der Waals surface area contributed by atoms with Crippen LogP contribution in [0, 0.1) is 45.3 Å². The topological polar surface area (TPSA) is 342 Å². The van der Waals surface area contributed by atoms with Crippen LogP contribution in [0.25, 0.3) is 0 Å². The Balaban J connectivity index is 1.28. The molecule has 4 saturated carbocycles. The fourth-order valence-corrected chi connectivity index (χ4v) is 15.2. The lowest BCUT2D eigenvalue weighted by molar-refractivity contribution is -0.382. The molecule has 0 amide bonds. The smallest absolute Gasteiger partial charge is 0.317 e. The minimum Gasteiger partial charge on any atom is -0.481 e. The number of carbonyl (C=O) groups is 2. The summed E-state index contributed by atoms with van der Waals surface area (Å²) in [4.78, 5) is 23.7. The number of aliphatic carboxylic acids is 1. The van der Waals surface area contributed by atoms with Gasteiger partial charge in [-0.05, 0) is 124 Å². The lowest BCUT2D eigenvalue weighted by atomic mass is 9.34. The van der Waals surface area contributed by atoms with Crippen molar-refractivity contribution in [2.75, 3.05) is 13.2 Å². The Morgan fingerprint density at radius 1 is 0.736 bits per heavy atom. The van der Waals surface area contributed by atoms with Crippen LogP contribution in [-0.4, -0.2) is 202 Å². The van der Waals surface area contributed by atoms with Crippen LogP contribution < -0.4 is 0 Å². The Kier molecular flexibility index (Phi) is 17.2. The number of ether oxygens (including phenoxy) is 7. The van der Waals surface area contributed by atoms with E-state index in [4.69, 9.17) is 33.2 Å². The Labute approximate surface area is 421 Å². The van der Waals surface area contributed by atoms with Crippen LogP contribution in [0.5, 0.6) is 0 Å². The monoisotopic (exact) mass is 1030 g/mol. The number of carboxylic acid groups (broad SMARTS) is 1. The minimum absolute atomic E-state index is 0.159. The number of carboxylic acids is 1. The van der Waals surface area contributed by atoms with Gasteiger partial charge in [0.15, 0.2) is 18.9 Å².